The zero-order valence-electron chi connectivity index (χ0n) is 12.2. The minimum atomic E-state index is 0.250. The monoisotopic (exact) mass is 284 g/mol. The largest absolute Gasteiger partial charge is 0.368 e. The van der Waals surface area contributed by atoms with Crippen LogP contribution >= 0.6 is 0 Å². The molecule has 0 saturated carbocycles. The molecule has 1 aliphatic heterocycles. The van der Waals surface area contributed by atoms with Crippen LogP contribution in [0.4, 0.5) is 23.5 Å². The van der Waals surface area contributed by atoms with Crippen molar-refractivity contribution in [3.05, 3.63) is 29.8 Å². The van der Waals surface area contributed by atoms with E-state index in [4.69, 9.17) is 5.73 Å². The number of aryl methyl sites for hydroxylation is 1. The number of nitrogens with one attached hydrogen (secondary N) is 1. The molecule has 0 spiro atoms. The van der Waals surface area contributed by atoms with E-state index in [2.05, 4.69) is 44.2 Å². The molecule has 3 rings (SSSR count). The first-order valence-corrected chi connectivity index (χ1v) is 7.37. The lowest BCUT2D eigenvalue weighted by molar-refractivity contribution is 0.887. The van der Waals surface area contributed by atoms with Gasteiger partial charge < -0.3 is 16.0 Å². The molecule has 0 atom stereocenters. The molecule has 1 aromatic carbocycles. The number of benzene rings is 1. The number of rotatable bonds is 4. The quantitative estimate of drug-likeness (QED) is 0.897. The molecule has 1 aromatic heterocycles. The van der Waals surface area contributed by atoms with Crippen molar-refractivity contribution in [2.24, 2.45) is 0 Å². The second-order valence-corrected chi connectivity index (χ2v) is 5.19. The molecule has 0 amide bonds. The molecule has 21 heavy (non-hydrogen) atoms. The average Bonchev–Trinajstić information content (AvgIpc) is 3.02. The first kappa shape index (κ1) is 13.6. The summed E-state index contributed by atoms with van der Waals surface area (Å²) in [7, 11) is 0. The van der Waals surface area contributed by atoms with Gasteiger partial charge in [-0.05, 0) is 37.0 Å². The van der Waals surface area contributed by atoms with Crippen molar-refractivity contribution in [3.63, 3.8) is 0 Å². The van der Waals surface area contributed by atoms with E-state index in [1.165, 1.54) is 18.4 Å². The fraction of sp³-hybridized carbons (Fsp3) is 0.400. The van der Waals surface area contributed by atoms with Gasteiger partial charge >= 0.3 is 0 Å². The van der Waals surface area contributed by atoms with Crippen LogP contribution in [-0.4, -0.2) is 28.0 Å². The van der Waals surface area contributed by atoms with Crippen molar-refractivity contribution in [1.29, 1.82) is 0 Å². The molecular weight excluding hydrogens is 264 g/mol. The summed E-state index contributed by atoms with van der Waals surface area (Å²) in [6.07, 6.45) is 3.37. The van der Waals surface area contributed by atoms with Crippen molar-refractivity contribution in [3.8, 4) is 0 Å². The number of aromatic nitrogens is 3. The lowest BCUT2D eigenvalue weighted by Gasteiger charge is -2.16. The van der Waals surface area contributed by atoms with Crippen molar-refractivity contribution >= 4 is 23.5 Å². The van der Waals surface area contributed by atoms with Crippen molar-refractivity contribution in [2.45, 2.75) is 26.2 Å². The van der Waals surface area contributed by atoms with E-state index in [1.807, 2.05) is 12.1 Å². The Labute approximate surface area is 124 Å². The third kappa shape index (κ3) is 3.21. The first-order valence-electron chi connectivity index (χ1n) is 7.37. The summed E-state index contributed by atoms with van der Waals surface area (Å²) < 4.78 is 0. The second-order valence-electron chi connectivity index (χ2n) is 5.19. The molecular formula is C15H20N6. The molecule has 6 heteroatoms. The SMILES string of the molecule is CCc1ccc(Nc2nc(N)nc(N3CCCC3)n2)cc1. The summed E-state index contributed by atoms with van der Waals surface area (Å²) in [4.78, 5) is 15.0. The molecule has 0 radical (unpaired) electrons. The highest BCUT2D eigenvalue weighted by molar-refractivity contribution is 5.56. The summed E-state index contributed by atoms with van der Waals surface area (Å²) in [5.74, 6) is 1.40. The first-order chi connectivity index (χ1) is 10.2. The van der Waals surface area contributed by atoms with Gasteiger partial charge in [0.15, 0.2) is 0 Å². The molecule has 0 unspecified atom stereocenters. The van der Waals surface area contributed by atoms with Crippen LogP contribution < -0.4 is 16.0 Å². The molecule has 0 bridgehead atoms. The van der Waals surface area contributed by atoms with Gasteiger partial charge in [0.1, 0.15) is 0 Å². The van der Waals surface area contributed by atoms with Gasteiger partial charge in [-0.15, -0.1) is 0 Å². The Morgan fingerprint density at radius 2 is 1.81 bits per heavy atom. The van der Waals surface area contributed by atoms with Crippen LogP contribution in [0.1, 0.15) is 25.3 Å². The van der Waals surface area contributed by atoms with E-state index in [0.717, 1.165) is 25.2 Å². The highest BCUT2D eigenvalue weighted by Gasteiger charge is 2.16. The summed E-state index contributed by atoms with van der Waals surface area (Å²) >= 11 is 0. The van der Waals surface area contributed by atoms with Crippen LogP contribution in [0.3, 0.4) is 0 Å². The molecule has 0 aliphatic carbocycles. The molecule has 1 saturated heterocycles. The predicted molar refractivity (Wildman–Crippen MR) is 84.8 cm³/mol. The summed E-state index contributed by atoms with van der Waals surface area (Å²) in [6.45, 7) is 4.10. The molecule has 2 heterocycles. The van der Waals surface area contributed by atoms with Gasteiger partial charge in [0, 0.05) is 18.8 Å². The van der Waals surface area contributed by atoms with Gasteiger partial charge in [0.25, 0.3) is 0 Å². The summed E-state index contributed by atoms with van der Waals surface area (Å²) in [6, 6.07) is 8.23. The normalized spacial score (nSPS) is 14.4. The van der Waals surface area contributed by atoms with Gasteiger partial charge in [-0.25, -0.2) is 0 Å². The Hall–Kier alpha value is -2.37. The van der Waals surface area contributed by atoms with E-state index < -0.39 is 0 Å². The van der Waals surface area contributed by atoms with Crippen LogP contribution in [-0.2, 0) is 6.42 Å². The maximum Gasteiger partial charge on any atom is 0.233 e. The Balaban J connectivity index is 1.80. The standard InChI is InChI=1S/C15H20N6/c1-2-11-5-7-12(8-6-11)17-14-18-13(16)19-15(20-14)21-9-3-4-10-21/h5-8H,2-4,9-10H2,1H3,(H3,16,17,18,19,20). The van der Waals surface area contributed by atoms with Gasteiger partial charge in [-0.2, -0.15) is 15.0 Å². The number of hydrogen-bond acceptors (Lipinski definition) is 6. The minimum Gasteiger partial charge on any atom is -0.368 e. The molecule has 2 aromatic rings. The molecule has 110 valence electrons. The Morgan fingerprint density at radius 1 is 1.10 bits per heavy atom. The van der Waals surface area contributed by atoms with E-state index in [0.29, 0.717) is 11.9 Å². The Kier molecular flexibility index (Phi) is 3.85. The van der Waals surface area contributed by atoms with Gasteiger partial charge in [-0.3, -0.25) is 0 Å². The van der Waals surface area contributed by atoms with Gasteiger partial charge in [0.05, 0.1) is 0 Å². The van der Waals surface area contributed by atoms with Crippen molar-refractivity contribution in [2.75, 3.05) is 29.0 Å². The lowest BCUT2D eigenvalue weighted by Crippen LogP contribution is -2.21. The van der Waals surface area contributed by atoms with Gasteiger partial charge in [0.2, 0.25) is 17.8 Å². The summed E-state index contributed by atoms with van der Waals surface area (Å²) in [5, 5.41) is 3.19. The number of anilines is 4. The summed E-state index contributed by atoms with van der Waals surface area (Å²) in [5.41, 5.74) is 8.05. The molecule has 1 fully saturated rings. The average molecular weight is 284 g/mol. The fourth-order valence-corrected chi connectivity index (χ4v) is 2.45. The highest BCUT2D eigenvalue weighted by atomic mass is 15.3. The lowest BCUT2D eigenvalue weighted by atomic mass is 10.1. The molecule has 3 N–H and O–H groups in total. The minimum absolute atomic E-state index is 0.250. The zero-order chi connectivity index (χ0) is 14.7. The maximum absolute atomic E-state index is 5.80. The maximum atomic E-state index is 5.80. The topological polar surface area (TPSA) is 80.0 Å². The fourth-order valence-electron chi connectivity index (χ4n) is 2.45. The number of nitrogens with zero attached hydrogens (tertiary/aromatic N) is 4. The van der Waals surface area contributed by atoms with E-state index in [9.17, 15) is 0 Å². The van der Waals surface area contributed by atoms with E-state index in [-0.39, 0.29) is 5.95 Å². The number of nitrogen functional groups attached to an aromatic ring is 1. The van der Waals surface area contributed by atoms with Crippen LogP contribution in [0.2, 0.25) is 0 Å². The van der Waals surface area contributed by atoms with Gasteiger partial charge in [-0.1, -0.05) is 19.1 Å². The highest BCUT2D eigenvalue weighted by Crippen LogP contribution is 2.20. The predicted octanol–water partition coefficient (Wildman–Crippen LogP) is 2.36. The van der Waals surface area contributed by atoms with Crippen LogP contribution in [0.25, 0.3) is 0 Å². The smallest absolute Gasteiger partial charge is 0.233 e. The third-order valence-corrected chi connectivity index (χ3v) is 3.65. The van der Waals surface area contributed by atoms with Crippen LogP contribution in [0.15, 0.2) is 24.3 Å². The van der Waals surface area contributed by atoms with Crippen molar-refractivity contribution < 1.29 is 0 Å². The van der Waals surface area contributed by atoms with E-state index in [1.54, 1.807) is 0 Å². The number of nitrogens with two attached hydrogens (primary N) is 1. The van der Waals surface area contributed by atoms with Crippen LogP contribution in [0, 0.1) is 0 Å². The third-order valence-electron chi connectivity index (χ3n) is 3.65. The molecule has 1 aliphatic rings. The van der Waals surface area contributed by atoms with E-state index >= 15 is 0 Å². The Morgan fingerprint density at radius 3 is 2.48 bits per heavy atom. The Bertz CT molecular complexity index is 604. The second kappa shape index (κ2) is 5.95. The van der Waals surface area contributed by atoms with Crippen LogP contribution in [0.5, 0.6) is 0 Å². The molecule has 6 nitrogen and oxygen atoms in total. The number of hydrogen-bond donors (Lipinski definition) is 2. The van der Waals surface area contributed by atoms with Crippen molar-refractivity contribution in [1.82, 2.24) is 15.0 Å². The zero-order valence-corrected chi connectivity index (χ0v) is 12.2.